The van der Waals surface area contributed by atoms with Crippen LogP contribution in [0.15, 0.2) is 79.0 Å². The second kappa shape index (κ2) is 10.5. The van der Waals surface area contributed by atoms with E-state index in [1.54, 1.807) is 12.3 Å². The van der Waals surface area contributed by atoms with Gasteiger partial charge in [0.1, 0.15) is 41.8 Å². The predicted molar refractivity (Wildman–Crippen MR) is 138 cm³/mol. The SMILES string of the molecule is CCCCc1nc2cc(O)c3cc(OCc4ccccc4)cnc3c2n1CCOc1ccccc1. The van der Waals surface area contributed by atoms with Gasteiger partial charge in [-0.15, -0.1) is 0 Å². The van der Waals surface area contributed by atoms with Gasteiger partial charge in [0.2, 0.25) is 0 Å². The monoisotopic (exact) mass is 467 g/mol. The van der Waals surface area contributed by atoms with E-state index < -0.39 is 0 Å². The number of imidazole rings is 1. The van der Waals surface area contributed by atoms with Gasteiger partial charge in [0.05, 0.1) is 23.8 Å². The molecule has 0 spiro atoms. The fourth-order valence-corrected chi connectivity index (χ4v) is 4.26. The summed E-state index contributed by atoms with van der Waals surface area (Å²) in [6.45, 7) is 3.76. The van der Waals surface area contributed by atoms with Crippen LogP contribution < -0.4 is 9.47 Å². The van der Waals surface area contributed by atoms with Crippen LogP contribution in [0.25, 0.3) is 21.9 Å². The first-order valence-electron chi connectivity index (χ1n) is 12.1. The number of aromatic nitrogens is 3. The summed E-state index contributed by atoms with van der Waals surface area (Å²) in [6, 6.07) is 23.4. The van der Waals surface area contributed by atoms with Crippen LogP contribution in [0.5, 0.6) is 17.2 Å². The molecule has 0 fully saturated rings. The molecule has 0 aliphatic heterocycles. The summed E-state index contributed by atoms with van der Waals surface area (Å²) in [7, 11) is 0. The number of rotatable bonds is 10. The summed E-state index contributed by atoms with van der Waals surface area (Å²) in [5, 5.41) is 11.5. The van der Waals surface area contributed by atoms with E-state index in [1.165, 1.54) is 0 Å². The fraction of sp³-hybridized carbons (Fsp3) is 0.241. The second-order valence-electron chi connectivity index (χ2n) is 8.55. The van der Waals surface area contributed by atoms with E-state index in [2.05, 4.69) is 11.5 Å². The van der Waals surface area contributed by atoms with Crippen molar-refractivity contribution in [2.45, 2.75) is 39.3 Å². The van der Waals surface area contributed by atoms with Crippen LogP contribution >= 0.6 is 0 Å². The zero-order valence-electron chi connectivity index (χ0n) is 19.9. The molecule has 5 rings (SSSR count). The Morgan fingerprint density at radius 1 is 0.914 bits per heavy atom. The van der Waals surface area contributed by atoms with E-state index >= 15 is 0 Å². The lowest BCUT2D eigenvalue weighted by Gasteiger charge is -2.13. The quantitative estimate of drug-likeness (QED) is 0.261. The Kier molecular flexibility index (Phi) is 6.80. The Labute approximate surface area is 204 Å². The molecule has 0 atom stereocenters. The van der Waals surface area contributed by atoms with E-state index in [9.17, 15) is 5.11 Å². The molecule has 0 radical (unpaired) electrons. The van der Waals surface area contributed by atoms with Crippen LogP contribution in [-0.2, 0) is 19.6 Å². The minimum absolute atomic E-state index is 0.150. The van der Waals surface area contributed by atoms with Gasteiger partial charge in [-0.1, -0.05) is 61.9 Å². The van der Waals surface area contributed by atoms with Gasteiger partial charge in [0, 0.05) is 17.9 Å². The molecule has 2 heterocycles. The van der Waals surface area contributed by atoms with Crippen LogP contribution in [0.3, 0.4) is 0 Å². The maximum Gasteiger partial charge on any atom is 0.138 e. The van der Waals surface area contributed by atoms with E-state index in [4.69, 9.17) is 19.4 Å². The third-order valence-electron chi connectivity index (χ3n) is 6.04. The van der Waals surface area contributed by atoms with Gasteiger partial charge in [-0.25, -0.2) is 9.97 Å². The lowest BCUT2D eigenvalue weighted by Crippen LogP contribution is -2.11. The highest BCUT2D eigenvalue weighted by Gasteiger charge is 2.18. The summed E-state index contributed by atoms with van der Waals surface area (Å²) < 4.78 is 14.1. The number of aromatic hydroxyl groups is 1. The molecule has 6 heteroatoms. The van der Waals surface area contributed by atoms with Crippen molar-refractivity contribution in [3.8, 4) is 17.2 Å². The first-order valence-corrected chi connectivity index (χ1v) is 12.1. The van der Waals surface area contributed by atoms with E-state index in [1.807, 2.05) is 66.7 Å². The van der Waals surface area contributed by atoms with Crippen molar-refractivity contribution in [3.63, 3.8) is 0 Å². The van der Waals surface area contributed by atoms with Gasteiger partial charge < -0.3 is 19.1 Å². The van der Waals surface area contributed by atoms with E-state index in [-0.39, 0.29) is 5.75 Å². The molecule has 1 N–H and O–H groups in total. The molecular weight excluding hydrogens is 438 g/mol. The first kappa shape index (κ1) is 22.7. The van der Waals surface area contributed by atoms with Gasteiger partial charge >= 0.3 is 0 Å². The van der Waals surface area contributed by atoms with E-state index in [0.717, 1.165) is 47.4 Å². The normalized spacial score (nSPS) is 11.2. The number of pyridine rings is 1. The van der Waals surface area contributed by atoms with Crippen molar-refractivity contribution >= 4 is 21.9 Å². The third kappa shape index (κ3) is 5.06. The maximum atomic E-state index is 10.8. The van der Waals surface area contributed by atoms with Crippen molar-refractivity contribution in [2.75, 3.05) is 6.61 Å². The molecule has 6 nitrogen and oxygen atoms in total. The number of phenolic OH excluding ortho intramolecular Hbond substituents is 1. The zero-order valence-corrected chi connectivity index (χ0v) is 19.9. The summed E-state index contributed by atoms with van der Waals surface area (Å²) >= 11 is 0. The Morgan fingerprint density at radius 3 is 2.46 bits per heavy atom. The summed E-state index contributed by atoms with van der Waals surface area (Å²) in [5.41, 5.74) is 3.44. The molecule has 0 aliphatic rings. The van der Waals surface area contributed by atoms with Gasteiger partial charge in [-0.05, 0) is 30.2 Å². The average molecular weight is 468 g/mol. The standard InChI is InChI=1S/C29H29N3O3/c1-2-3-14-27-31-25-18-26(33)24-17-23(35-20-21-10-6-4-7-11-21)19-30-28(24)29(25)32(27)15-16-34-22-12-8-5-9-13-22/h4-13,17-19,33H,2-3,14-16,20H2,1H3. The number of hydrogen-bond donors (Lipinski definition) is 1. The highest BCUT2D eigenvalue weighted by molar-refractivity contribution is 6.05. The molecule has 0 saturated carbocycles. The number of benzene rings is 3. The number of nitrogens with zero attached hydrogens (tertiary/aromatic N) is 3. The Morgan fingerprint density at radius 2 is 1.69 bits per heavy atom. The third-order valence-corrected chi connectivity index (χ3v) is 6.04. The molecule has 0 bridgehead atoms. The molecule has 0 amide bonds. The minimum atomic E-state index is 0.150. The minimum Gasteiger partial charge on any atom is -0.507 e. The predicted octanol–water partition coefficient (Wildman–Crippen LogP) is 6.29. The van der Waals surface area contributed by atoms with Crippen LogP contribution in [0.1, 0.15) is 31.2 Å². The average Bonchev–Trinajstić information content (AvgIpc) is 3.24. The number of para-hydroxylation sites is 1. The summed E-state index contributed by atoms with van der Waals surface area (Å²) in [5.74, 6) is 2.59. The molecule has 3 aromatic carbocycles. The van der Waals surface area contributed by atoms with Gasteiger partial charge in [0.15, 0.2) is 0 Å². The molecular formula is C29H29N3O3. The van der Waals surface area contributed by atoms with Crippen LogP contribution in [-0.4, -0.2) is 26.2 Å². The van der Waals surface area contributed by atoms with Crippen molar-refractivity contribution in [1.82, 2.24) is 14.5 Å². The lowest BCUT2D eigenvalue weighted by atomic mass is 10.1. The number of phenols is 1. The Bertz CT molecular complexity index is 1420. The van der Waals surface area contributed by atoms with Gasteiger partial charge in [0.25, 0.3) is 0 Å². The molecule has 0 aliphatic carbocycles. The molecule has 0 saturated heterocycles. The maximum absolute atomic E-state index is 10.8. The summed E-state index contributed by atoms with van der Waals surface area (Å²) in [4.78, 5) is 9.58. The lowest BCUT2D eigenvalue weighted by molar-refractivity contribution is 0.298. The highest BCUT2D eigenvalue weighted by Crippen LogP contribution is 2.34. The number of hydrogen-bond acceptors (Lipinski definition) is 5. The first-order chi connectivity index (χ1) is 17.2. The summed E-state index contributed by atoms with van der Waals surface area (Å²) in [6.07, 6.45) is 4.69. The number of unbranched alkanes of at least 4 members (excludes halogenated alkanes) is 1. The zero-order chi connectivity index (χ0) is 24.0. The fourth-order valence-electron chi connectivity index (χ4n) is 4.26. The van der Waals surface area contributed by atoms with Crippen LogP contribution in [0.4, 0.5) is 0 Å². The molecule has 35 heavy (non-hydrogen) atoms. The Hall–Kier alpha value is -4.06. The topological polar surface area (TPSA) is 69.4 Å². The van der Waals surface area contributed by atoms with Crippen LogP contribution in [0, 0.1) is 0 Å². The molecule has 5 aromatic rings. The largest absolute Gasteiger partial charge is 0.507 e. The van der Waals surface area contributed by atoms with Crippen LogP contribution in [0.2, 0.25) is 0 Å². The van der Waals surface area contributed by atoms with Crippen molar-refractivity contribution in [1.29, 1.82) is 0 Å². The Balaban J connectivity index is 1.48. The highest BCUT2D eigenvalue weighted by atomic mass is 16.5. The molecule has 178 valence electrons. The van der Waals surface area contributed by atoms with Gasteiger partial charge in [-0.3, -0.25) is 0 Å². The smallest absolute Gasteiger partial charge is 0.138 e. The number of fused-ring (bicyclic) bond motifs is 3. The molecule has 2 aromatic heterocycles. The van der Waals surface area contributed by atoms with Crippen molar-refractivity contribution < 1.29 is 14.6 Å². The second-order valence-corrected chi connectivity index (χ2v) is 8.55. The van der Waals surface area contributed by atoms with Crippen molar-refractivity contribution in [2.24, 2.45) is 0 Å². The molecule has 0 unspecified atom stereocenters. The van der Waals surface area contributed by atoms with Gasteiger partial charge in [-0.2, -0.15) is 0 Å². The van der Waals surface area contributed by atoms with Crippen molar-refractivity contribution in [3.05, 3.63) is 90.4 Å². The number of aryl methyl sites for hydroxylation is 1. The van der Waals surface area contributed by atoms with E-state index in [0.29, 0.717) is 36.4 Å². The number of ether oxygens (including phenoxy) is 2.